The normalized spacial score (nSPS) is 14.1. The predicted octanol–water partition coefficient (Wildman–Crippen LogP) is 3.19. The van der Waals surface area contributed by atoms with Crippen molar-refractivity contribution >= 4 is 23.2 Å². The third kappa shape index (κ3) is 2.16. The van der Waals surface area contributed by atoms with Crippen LogP contribution in [0.15, 0.2) is 48.7 Å². The molecule has 0 aliphatic carbocycles. The summed E-state index contributed by atoms with van der Waals surface area (Å²) in [5.74, 6) is 0.0130. The maximum atomic E-state index is 12.7. The number of carbonyl (C=O) groups excluding carboxylic acids is 1. The fourth-order valence-corrected chi connectivity index (χ4v) is 3.13. The summed E-state index contributed by atoms with van der Waals surface area (Å²) in [6, 6.07) is 13.0. The van der Waals surface area contributed by atoms with Gasteiger partial charge in [0, 0.05) is 29.7 Å². The molecule has 1 aliphatic heterocycles. The lowest BCUT2D eigenvalue weighted by Gasteiger charge is -2.26. The number of benzene rings is 1. The fourth-order valence-electron chi connectivity index (χ4n) is 2.94. The Kier molecular flexibility index (Phi) is 3.12. The zero-order valence-electron chi connectivity index (χ0n) is 11.9. The second-order valence-corrected chi connectivity index (χ2v) is 5.86. The second kappa shape index (κ2) is 5.14. The van der Waals surface area contributed by atoms with Crippen LogP contribution in [0.4, 0.5) is 0 Å². The summed E-state index contributed by atoms with van der Waals surface area (Å²) in [7, 11) is 0. The first-order chi connectivity index (χ1) is 10.7. The van der Waals surface area contributed by atoms with Gasteiger partial charge in [-0.1, -0.05) is 23.7 Å². The number of halogens is 1. The van der Waals surface area contributed by atoms with Gasteiger partial charge in [-0.3, -0.25) is 4.79 Å². The smallest absolute Gasteiger partial charge is 0.254 e. The minimum absolute atomic E-state index is 0.0130. The molecule has 0 fully saturated rings. The quantitative estimate of drug-likeness (QED) is 0.692. The van der Waals surface area contributed by atoms with Gasteiger partial charge in [-0.2, -0.15) is 0 Å². The van der Waals surface area contributed by atoms with E-state index in [2.05, 4.69) is 9.38 Å². The summed E-state index contributed by atoms with van der Waals surface area (Å²) in [6.45, 7) is 1.26. The van der Waals surface area contributed by atoms with Crippen molar-refractivity contribution in [1.82, 2.24) is 14.3 Å². The van der Waals surface area contributed by atoms with Gasteiger partial charge in [0.25, 0.3) is 5.91 Å². The predicted molar refractivity (Wildman–Crippen MR) is 85.1 cm³/mol. The summed E-state index contributed by atoms with van der Waals surface area (Å²) in [6.07, 6.45) is 2.78. The van der Waals surface area contributed by atoms with Crippen molar-refractivity contribution < 1.29 is 4.79 Å². The highest BCUT2D eigenvalue weighted by Crippen LogP contribution is 2.22. The average Bonchev–Trinajstić information content (AvgIpc) is 2.92. The Hall–Kier alpha value is -2.33. The van der Waals surface area contributed by atoms with Gasteiger partial charge in [0.2, 0.25) is 0 Å². The molecule has 4 nitrogen and oxygen atoms in total. The van der Waals surface area contributed by atoms with Crippen molar-refractivity contribution in [3.05, 3.63) is 70.6 Å². The minimum Gasteiger partial charge on any atom is -0.332 e. The first-order valence-electron chi connectivity index (χ1n) is 7.22. The second-order valence-electron chi connectivity index (χ2n) is 5.42. The Labute approximate surface area is 133 Å². The number of aromatic nitrogens is 2. The lowest BCUT2D eigenvalue weighted by Crippen LogP contribution is -2.36. The van der Waals surface area contributed by atoms with Gasteiger partial charge in [-0.15, -0.1) is 0 Å². The fraction of sp³-hybridized carbons (Fsp3) is 0.176. The monoisotopic (exact) mass is 311 g/mol. The van der Waals surface area contributed by atoms with E-state index in [-0.39, 0.29) is 5.91 Å². The molecule has 0 saturated carbocycles. The molecule has 1 aliphatic rings. The molecule has 4 rings (SSSR count). The summed E-state index contributed by atoms with van der Waals surface area (Å²) >= 11 is 5.98. The molecule has 0 spiro atoms. The molecule has 3 heterocycles. The van der Waals surface area contributed by atoms with Crippen molar-refractivity contribution in [2.45, 2.75) is 13.0 Å². The highest BCUT2D eigenvalue weighted by Gasteiger charge is 2.25. The van der Waals surface area contributed by atoms with Gasteiger partial charge in [0.05, 0.1) is 17.9 Å². The highest BCUT2D eigenvalue weighted by molar-refractivity contribution is 6.30. The molecule has 0 atom stereocenters. The number of hydrogen-bond donors (Lipinski definition) is 0. The zero-order chi connectivity index (χ0) is 15.1. The molecule has 0 saturated heterocycles. The SMILES string of the molecule is O=C(c1cccc(Cl)c1)N1CCc2nc3ccccn3c2C1. The van der Waals surface area contributed by atoms with Crippen LogP contribution in [0.1, 0.15) is 21.7 Å². The first-order valence-corrected chi connectivity index (χ1v) is 7.60. The number of imidazole rings is 1. The zero-order valence-corrected chi connectivity index (χ0v) is 12.6. The topological polar surface area (TPSA) is 37.6 Å². The van der Waals surface area contributed by atoms with Crippen LogP contribution in [0.3, 0.4) is 0 Å². The molecular weight excluding hydrogens is 298 g/mol. The van der Waals surface area contributed by atoms with E-state index >= 15 is 0 Å². The van der Waals surface area contributed by atoms with Gasteiger partial charge in [-0.25, -0.2) is 4.98 Å². The van der Waals surface area contributed by atoms with Gasteiger partial charge >= 0.3 is 0 Å². The Morgan fingerprint density at radius 3 is 2.95 bits per heavy atom. The van der Waals surface area contributed by atoms with Crippen LogP contribution in [0.2, 0.25) is 5.02 Å². The average molecular weight is 312 g/mol. The highest BCUT2D eigenvalue weighted by atomic mass is 35.5. The van der Waals surface area contributed by atoms with E-state index in [9.17, 15) is 4.79 Å². The number of carbonyl (C=O) groups is 1. The van der Waals surface area contributed by atoms with E-state index in [0.29, 0.717) is 23.7 Å². The maximum absolute atomic E-state index is 12.7. The van der Waals surface area contributed by atoms with Crippen LogP contribution in [-0.4, -0.2) is 26.7 Å². The lowest BCUT2D eigenvalue weighted by molar-refractivity contribution is 0.0731. The molecule has 1 amide bonds. The number of amides is 1. The Balaban J connectivity index is 1.68. The summed E-state index contributed by atoms with van der Waals surface area (Å²) in [5.41, 5.74) is 3.74. The largest absolute Gasteiger partial charge is 0.332 e. The number of fused-ring (bicyclic) bond motifs is 3. The van der Waals surface area contributed by atoms with E-state index in [1.807, 2.05) is 29.3 Å². The summed E-state index contributed by atoms with van der Waals surface area (Å²) in [5, 5.41) is 0.582. The number of hydrogen-bond acceptors (Lipinski definition) is 2. The molecule has 1 aromatic carbocycles. The van der Waals surface area contributed by atoms with Crippen LogP contribution >= 0.6 is 11.6 Å². The van der Waals surface area contributed by atoms with Crippen molar-refractivity contribution in [2.75, 3.05) is 6.54 Å². The Morgan fingerprint density at radius 1 is 1.18 bits per heavy atom. The van der Waals surface area contributed by atoms with E-state index in [1.54, 1.807) is 24.3 Å². The molecule has 0 radical (unpaired) electrons. The van der Waals surface area contributed by atoms with Gasteiger partial charge in [0.1, 0.15) is 5.65 Å². The molecule has 22 heavy (non-hydrogen) atoms. The van der Waals surface area contributed by atoms with E-state index in [1.165, 1.54) is 0 Å². The molecule has 110 valence electrons. The van der Waals surface area contributed by atoms with Crippen molar-refractivity contribution in [1.29, 1.82) is 0 Å². The Bertz CT molecular complexity index is 871. The number of pyridine rings is 1. The third-order valence-electron chi connectivity index (χ3n) is 4.03. The first kappa shape index (κ1) is 13.3. The number of rotatable bonds is 1. The van der Waals surface area contributed by atoms with E-state index in [0.717, 1.165) is 23.5 Å². The summed E-state index contributed by atoms with van der Waals surface area (Å²) in [4.78, 5) is 19.2. The Morgan fingerprint density at radius 2 is 2.09 bits per heavy atom. The van der Waals surface area contributed by atoms with Gasteiger partial charge < -0.3 is 9.30 Å². The van der Waals surface area contributed by atoms with Crippen LogP contribution in [0.25, 0.3) is 5.65 Å². The van der Waals surface area contributed by atoms with Crippen LogP contribution in [0.5, 0.6) is 0 Å². The van der Waals surface area contributed by atoms with Crippen molar-refractivity contribution in [3.8, 4) is 0 Å². The van der Waals surface area contributed by atoms with Crippen molar-refractivity contribution in [2.24, 2.45) is 0 Å². The molecule has 2 aromatic heterocycles. The third-order valence-corrected chi connectivity index (χ3v) is 4.26. The molecule has 5 heteroatoms. The number of nitrogens with zero attached hydrogens (tertiary/aromatic N) is 3. The van der Waals surface area contributed by atoms with Crippen LogP contribution in [0, 0.1) is 0 Å². The van der Waals surface area contributed by atoms with Crippen LogP contribution < -0.4 is 0 Å². The van der Waals surface area contributed by atoms with Crippen LogP contribution in [-0.2, 0) is 13.0 Å². The molecule has 0 unspecified atom stereocenters. The molecular formula is C17H14ClN3O. The van der Waals surface area contributed by atoms with E-state index in [4.69, 9.17) is 11.6 Å². The molecule has 0 bridgehead atoms. The summed E-state index contributed by atoms with van der Waals surface area (Å²) < 4.78 is 2.06. The maximum Gasteiger partial charge on any atom is 0.254 e. The molecule has 3 aromatic rings. The van der Waals surface area contributed by atoms with Gasteiger partial charge in [-0.05, 0) is 30.3 Å². The van der Waals surface area contributed by atoms with Gasteiger partial charge in [0.15, 0.2) is 0 Å². The van der Waals surface area contributed by atoms with E-state index < -0.39 is 0 Å². The minimum atomic E-state index is 0.0130. The standard InChI is InChI=1S/C17H14ClN3O/c18-13-5-3-4-12(10-13)17(22)20-9-7-14-15(11-20)21-8-2-1-6-16(21)19-14/h1-6,8,10H,7,9,11H2. The van der Waals surface area contributed by atoms with Crippen molar-refractivity contribution in [3.63, 3.8) is 0 Å². The molecule has 0 N–H and O–H groups in total. The lowest BCUT2D eigenvalue weighted by atomic mass is 10.1.